The lowest BCUT2D eigenvalue weighted by Crippen LogP contribution is -2.43. The zero-order valence-corrected chi connectivity index (χ0v) is 8.43. The number of nitrogens with one attached hydrogen (secondary N) is 1. The number of hydrogen-bond acceptors (Lipinski definition) is 4. The van der Waals surface area contributed by atoms with Gasteiger partial charge in [0.25, 0.3) is 0 Å². The average molecular weight is 223 g/mol. The van der Waals surface area contributed by atoms with Crippen molar-refractivity contribution in [1.82, 2.24) is 15.5 Å². The van der Waals surface area contributed by atoms with Crippen LogP contribution in [0.3, 0.4) is 0 Å². The van der Waals surface area contributed by atoms with E-state index in [0.717, 1.165) is 0 Å². The van der Waals surface area contributed by atoms with E-state index in [1.807, 2.05) is 0 Å². The largest absolute Gasteiger partial charge is 0.404 e. The summed E-state index contributed by atoms with van der Waals surface area (Å²) in [5.41, 5.74) is 0. The molecule has 0 radical (unpaired) electrons. The fraction of sp³-hybridized carbons (Fsp3) is 0.750. The average Bonchev–Trinajstić information content (AvgIpc) is 2.49. The van der Waals surface area contributed by atoms with E-state index in [4.69, 9.17) is 0 Å². The number of alkyl halides is 3. The van der Waals surface area contributed by atoms with Crippen molar-refractivity contribution in [2.45, 2.75) is 32.5 Å². The molecule has 1 aromatic rings. The number of hydrogen-bond donors (Lipinski definition) is 1. The van der Waals surface area contributed by atoms with E-state index in [1.54, 1.807) is 13.8 Å². The lowest BCUT2D eigenvalue weighted by atomic mass is 10.2. The highest BCUT2D eigenvalue weighted by molar-refractivity contribution is 4.90. The van der Waals surface area contributed by atoms with Gasteiger partial charge in [-0.2, -0.15) is 18.2 Å². The molecule has 0 unspecified atom stereocenters. The van der Waals surface area contributed by atoms with Crippen LogP contribution in [-0.2, 0) is 6.42 Å². The lowest BCUT2D eigenvalue weighted by molar-refractivity contribution is -0.156. The first-order valence-electron chi connectivity index (χ1n) is 4.52. The van der Waals surface area contributed by atoms with Gasteiger partial charge in [0.15, 0.2) is 5.82 Å². The van der Waals surface area contributed by atoms with Gasteiger partial charge in [-0.15, -0.1) is 0 Å². The number of nitrogens with zero attached hydrogens (tertiary/aromatic N) is 2. The van der Waals surface area contributed by atoms with Gasteiger partial charge in [-0.05, 0) is 13.5 Å². The summed E-state index contributed by atoms with van der Waals surface area (Å²) < 4.78 is 42.0. The van der Waals surface area contributed by atoms with E-state index in [2.05, 4.69) is 20.0 Å². The number of rotatable bonds is 4. The number of aryl methyl sites for hydroxylation is 1. The Hall–Kier alpha value is -1.11. The van der Waals surface area contributed by atoms with Crippen LogP contribution >= 0.6 is 0 Å². The molecule has 0 aliphatic carbocycles. The van der Waals surface area contributed by atoms with Gasteiger partial charge in [0.2, 0.25) is 5.89 Å². The zero-order valence-electron chi connectivity index (χ0n) is 8.43. The number of aromatic nitrogens is 2. The van der Waals surface area contributed by atoms with E-state index in [-0.39, 0.29) is 18.9 Å². The van der Waals surface area contributed by atoms with Gasteiger partial charge in [-0.25, -0.2) is 0 Å². The molecule has 0 bridgehead atoms. The Bertz CT molecular complexity index is 310. The summed E-state index contributed by atoms with van der Waals surface area (Å²) in [5.74, 6) is 0.332. The molecule has 1 heterocycles. The van der Waals surface area contributed by atoms with Crippen LogP contribution in [0.25, 0.3) is 0 Å². The Morgan fingerprint density at radius 1 is 1.47 bits per heavy atom. The minimum atomic E-state index is -4.31. The predicted octanol–water partition coefficient (Wildman–Crippen LogP) is 1.46. The van der Waals surface area contributed by atoms with E-state index in [0.29, 0.717) is 5.82 Å². The fourth-order valence-electron chi connectivity index (χ4n) is 1.15. The minimum Gasteiger partial charge on any atom is -0.339 e. The third-order valence-corrected chi connectivity index (χ3v) is 1.79. The first-order chi connectivity index (χ1) is 6.93. The van der Waals surface area contributed by atoms with Crippen LogP contribution in [0.5, 0.6) is 0 Å². The van der Waals surface area contributed by atoms with Crippen molar-refractivity contribution in [3.8, 4) is 0 Å². The van der Waals surface area contributed by atoms with E-state index in [9.17, 15) is 13.2 Å². The normalized spacial score (nSPS) is 14.2. The molecule has 0 saturated carbocycles. The molecule has 4 nitrogen and oxygen atoms in total. The molecule has 0 aliphatic heterocycles. The maximum absolute atomic E-state index is 12.4. The monoisotopic (exact) mass is 223 g/mol. The molecule has 0 saturated heterocycles. The van der Waals surface area contributed by atoms with Crippen LogP contribution in [0.2, 0.25) is 0 Å². The van der Waals surface area contributed by atoms with E-state index >= 15 is 0 Å². The lowest BCUT2D eigenvalue weighted by Gasteiger charge is -2.18. The Labute approximate surface area is 84.9 Å². The zero-order chi connectivity index (χ0) is 11.5. The van der Waals surface area contributed by atoms with Crippen LogP contribution in [0.15, 0.2) is 4.52 Å². The number of likely N-dealkylation sites (N-methyl/N-ethyl adjacent to an activating group) is 1. The molecule has 0 aliphatic rings. The molecule has 1 rings (SSSR count). The first-order valence-corrected chi connectivity index (χ1v) is 4.52. The van der Waals surface area contributed by atoms with Crippen LogP contribution in [0, 0.1) is 6.92 Å². The Morgan fingerprint density at radius 3 is 2.53 bits per heavy atom. The Balaban J connectivity index is 2.66. The van der Waals surface area contributed by atoms with E-state index < -0.39 is 12.2 Å². The van der Waals surface area contributed by atoms with Crippen LogP contribution in [0.1, 0.15) is 18.6 Å². The maximum atomic E-state index is 12.4. The van der Waals surface area contributed by atoms with Gasteiger partial charge >= 0.3 is 6.18 Å². The van der Waals surface area contributed by atoms with Crippen molar-refractivity contribution in [2.24, 2.45) is 0 Å². The summed E-state index contributed by atoms with van der Waals surface area (Å²) in [7, 11) is 0. The van der Waals surface area contributed by atoms with Crippen molar-refractivity contribution in [3.63, 3.8) is 0 Å². The molecule has 0 aromatic carbocycles. The summed E-state index contributed by atoms with van der Waals surface area (Å²) in [6, 6.07) is -1.64. The molecule has 1 atom stereocenters. The molecular formula is C8H12F3N3O. The highest BCUT2D eigenvalue weighted by atomic mass is 19.4. The summed E-state index contributed by atoms with van der Waals surface area (Å²) in [6.07, 6.45) is -4.64. The van der Waals surface area contributed by atoms with Gasteiger partial charge in [-0.1, -0.05) is 12.1 Å². The SMILES string of the molecule is CCN[C@@H](Cc1nc(C)no1)C(F)(F)F. The van der Waals surface area contributed by atoms with Crippen LogP contribution in [-0.4, -0.2) is 28.9 Å². The minimum absolute atomic E-state index is 0.00391. The smallest absolute Gasteiger partial charge is 0.339 e. The van der Waals surface area contributed by atoms with Gasteiger partial charge < -0.3 is 9.84 Å². The van der Waals surface area contributed by atoms with Crippen molar-refractivity contribution in [1.29, 1.82) is 0 Å². The highest BCUT2D eigenvalue weighted by Gasteiger charge is 2.40. The summed E-state index contributed by atoms with van der Waals surface area (Å²) in [4.78, 5) is 3.73. The fourth-order valence-corrected chi connectivity index (χ4v) is 1.15. The van der Waals surface area contributed by atoms with Crippen molar-refractivity contribution >= 4 is 0 Å². The second-order valence-corrected chi connectivity index (χ2v) is 3.09. The number of halogens is 3. The Kier molecular flexibility index (Phi) is 3.67. The predicted molar refractivity (Wildman–Crippen MR) is 46.3 cm³/mol. The summed E-state index contributed by atoms with van der Waals surface area (Å²) in [5, 5.41) is 5.76. The van der Waals surface area contributed by atoms with Crippen molar-refractivity contribution in [2.75, 3.05) is 6.54 Å². The third kappa shape index (κ3) is 3.50. The molecule has 1 N–H and O–H groups in total. The maximum Gasteiger partial charge on any atom is 0.404 e. The summed E-state index contributed by atoms with van der Waals surface area (Å²) in [6.45, 7) is 3.40. The molecule has 7 heteroatoms. The quantitative estimate of drug-likeness (QED) is 0.839. The molecular weight excluding hydrogens is 211 g/mol. The molecule has 86 valence electrons. The summed E-state index contributed by atoms with van der Waals surface area (Å²) >= 11 is 0. The first kappa shape index (κ1) is 12.0. The molecule has 15 heavy (non-hydrogen) atoms. The standard InChI is InChI=1S/C8H12F3N3O/c1-3-12-6(8(9,10)11)4-7-13-5(2)14-15-7/h6,12H,3-4H2,1-2H3/t6-/m0/s1. The van der Waals surface area contributed by atoms with Crippen LogP contribution < -0.4 is 5.32 Å². The molecule has 0 amide bonds. The molecule has 1 aromatic heterocycles. The Morgan fingerprint density at radius 2 is 2.13 bits per heavy atom. The van der Waals surface area contributed by atoms with Gasteiger partial charge in [0.05, 0.1) is 6.42 Å². The second-order valence-electron chi connectivity index (χ2n) is 3.09. The molecule has 0 fully saturated rings. The van der Waals surface area contributed by atoms with Crippen molar-refractivity contribution in [3.05, 3.63) is 11.7 Å². The van der Waals surface area contributed by atoms with Gasteiger partial charge in [0, 0.05) is 0 Å². The third-order valence-electron chi connectivity index (χ3n) is 1.79. The van der Waals surface area contributed by atoms with Gasteiger partial charge in [0.1, 0.15) is 6.04 Å². The topological polar surface area (TPSA) is 51.0 Å². The van der Waals surface area contributed by atoms with Gasteiger partial charge in [-0.3, -0.25) is 0 Å². The van der Waals surface area contributed by atoms with Crippen molar-refractivity contribution < 1.29 is 17.7 Å². The molecule has 0 spiro atoms. The highest BCUT2D eigenvalue weighted by Crippen LogP contribution is 2.22. The second kappa shape index (κ2) is 4.61. The van der Waals surface area contributed by atoms with E-state index in [1.165, 1.54) is 0 Å². The van der Waals surface area contributed by atoms with Crippen LogP contribution in [0.4, 0.5) is 13.2 Å².